The number of aromatic nitrogens is 3. The molecule has 6 heteroatoms. The summed E-state index contributed by atoms with van der Waals surface area (Å²) in [7, 11) is 0. The van der Waals surface area contributed by atoms with Crippen LogP contribution in [0.1, 0.15) is 42.5 Å². The Morgan fingerprint density at radius 1 is 1.33 bits per heavy atom. The van der Waals surface area contributed by atoms with E-state index in [0.29, 0.717) is 11.8 Å². The topological polar surface area (TPSA) is 55.1 Å². The fourth-order valence-corrected chi connectivity index (χ4v) is 3.56. The average molecular weight is 340 g/mol. The summed E-state index contributed by atoms with van der Waals surface area (Å²) >= 11 is 1.64. The minimum atomic E-state index is 0.356. The van der Waals surface area contributed by atoms with Crippen molar-refractivity contribution in [3.8, 4) is 10.8 Å². The van der Waals surface area contributed by atoms with Gasteiger partial charge in [0.2, 0.25) is 5.89 Å². The number of hydrogen-bond donors (Lipinski definition) is 0. The molecule has 4 rings (SSSR count). The van der Waals surface area contributed by atoms with E-state index in [-0.39, 0.29) is 0 Å². The fraction of sp³-hybridized carbons (Fsp3) is 0.389. The van der Waals surface area contributed by atoms with Crippen LogP contribution in [0.25, 0.3) is 10.8 Å². The molecule has 3 aromatic heterocycles. The van der Waals surface area contributed by atoms with E-state index in [1.54, 1.807) is 17.6 Å². The molecular formula is C18H20N4OS. The summed E-state index contributed by atoms with van der Waals surface area (Å²) < 4.78 is 5.62. The van der Waals surface area contributed by atoms with Crippen molar-refractivity contribution in [3.63, 3.8) is 0 Å². The zero-order chi connectivity index (χ0) is 16.5. The minimum absolute atomic E-state index is 0.356. The van der Waals surface area contributed by atoms with Crippen molar-refractivity contribution in [3.05, 3.63) is 52.7 Å². The van der Waals surface area contributed by atoms with Gasteiger partial charge in [0.1, 0.15) is 12.1 Å². The second kappa shape index (κ2) is 6.45. The molecule has 0 aliphatic carbocycles. The molecule has 0 fully saturated rings. The quantitative estimate of drug-likeness (QED) is 0.721. The third-order valence-corrected chi connectivity index (χ3v) is 5.09. The first-order valence-corrected chi connectivity index (χ1v) is 9.12. The largest absolute Gasteiger partial charge is 0.444 e. The Bertz CT molecular complexity index is 825. The van der Waals surface area contributed by atoms with E-state index >= 15 is 0 Å². The smallest absolute Gasteiger partial charge is 0.236 e. The van der Waals surface area contributed by atoms with Gasteiger partial charge in [-0.05, 0) is 23.4 Å². The van der Waals surface area contributed by atoms with E-state index in [1.807, 2.05) is 23.7 Å². The lowest BCUT2D eigenvalue weighted by Gasteiger charge is -2.27. The first-order chi connectivity index (χ1) is 11.7. The minimum Gasteiger partial charge on any atom is -0.444 e. The van der Waals surface area contributed by atoms with E-state index in [1.165, 1.54) is 5.56 Å². The first kappa shape index (κ1) is 15.5. The summed E-state index contributed by atoms with van der Waals surface area (Å²) in [5.41, 5.74) is 3.40. The van der Waals surface area contributed by atoms with Crippen LogP contribution in [0.4, 0.5) is 0 Å². The van der Waals surface area contributed by atoms with Gasteiger partial charge in [0.15, 0.2) is 0 Å². The number of thiophene rings is 1. The molecule has 1 aliphatic rings. The van der Waals surface area contributed by atoms with Crippen molar-refractivity contribution in [1.29, 1.82) is 0 Å². The van der Waals surface area contributed by atoms with Gasteiger partial charge in [-0.1, -0.05) is 19.9 Å². The molecule has 4 heterocycles. The van der Waals surface area contributed by atoms with Crippen molar-refractivity contribution in [2.45, 2.75) is 39.3 Å². The molecule has 0 aromatic carbocycles. The Kier molecular flexibility index (Phi) is 4.16. The molecule has 0 saturated carbocycles. The summed E-state index contributed by atoms with van der Waals surface area (Å²) in [4.78, 5) is 17.3. The van der Waals surface area contributed by atoms with Gasteiger partial charge in [-0.15, -0.1) is 11.3 Å². The van der Waals surface area contributed by atoms with Crippen molar-refractivity contribution in [2.24, 2.45) is 0 Å². The Balaban J connectivity index is 1.48. The Hall–Kier alpha value is -2.05. The van der Waals surface area contributed by atoms with Crippen LogP contribution in [-0.4, -0.2) is 26.4 Å². The van der Waals surface area contributed by atoms with E-state index in [0.717, 1.165) is 48.1 Å². The molecule has 0 N–H and O–H groups in total. The van der Waals surface area contributed by atoms with Crippen LogP contribution in [0, 0.1) is 0 Å². The number of hydrogen-bond acceptors (Lipinski definition) is 6. The normalized spacial score (nSPS) is 15.0. The van der Waals surface area contributed by atoms with Crippen LogP contribution >= 0.6 is 11.3 Å². The van der Waals surface area contributed by atoms with Gasteiger partial charge in [0, 0.05) is 31.7 Å². The van der Waals surface area contributed by atoms with Crippen LogP contribution in [0.15, 0.2) is 34.4 Å². The molecule has 0 unspecified atom stereocenters. The lowest BCUT2D eigenvalue weighted by Crippen LogP contribution is -2.31. The van der Waals surface area contributed by atoms with Crippen molar-refractivity contribution < 1.29 is 4.42 Å². The number of nitrogens with zero attached hydrogens (tertiary/aromatic N) is 4. The van der Waals surface area contributed by atoms with Gasteiger partial charge in [0.25, 0.3) is 0 Å². The van der Waals surface area contributed by atoms with Crippen molar-refractivity contribution >= 4 is 11.3 Å². The Morgan fingerprint density at radius 2 is 2.25 bits per heavy atom. The zero-order valence-corrected chi connectivity index (χ0v) is 14.7. The van der Waals surface area contributed by atoms with Crippen LogP contribution in [0.5, 0.6) is 0 Å². The summed E-state index contributed by atoms with van der Waals surface area (Å²) in [5.74, 6) is 1.99. The predicted molar refractivity (Wildman–Crippen MR) is 93.8 cm³/mol. The highest BCUT2D eigenvalue weighted by atomic mass is 32.1. The summed E-state index contributed by atoms with van der Waals surface area (Å²) in [6.07, 6.45) is 4.76. The Morgan fingerprint density at radius 3 is 3.04 bits per heavy atom. The average Bonchev–Trinajstić information content (AvgIpc) is 3.25. The molecule has 24 heavy (non-hydrogen) atoms. The molecular weight excluding hydrogens is 320 g/mol. The summed E-state index contributed by atoms with van der Waals surface area (Å²) in [6, 6.07) is 4.04. The van der Waals surface area contributed by atoms with E-state index in [2.05, 4.69) is 28.7 Å². The van der Waals surface area contributed by atoms with Crippen LogP contribution in [0.3, 0.4) is 0 Å². The van der Waals surface area contributed by atoms with Gasteiger partial charge in [0.05, 0.1) is 16.3 Å². The molecule has 0 bridgehead atoms. The van der Waals surface area contributed by atoms with Gasteiger partial charge in [-0.3, -0.25) is 4.90 Å². The Labute approximate surface area is 145 Å². The molecule has 124 valence electrons. The van der Waals surface area contributed by atoms with Gasteiger partial charge >= 0.3 is 0 Å². The summed E-state index contributed by atoms with van der Waals surface area (Å²) in [6.45, 7) is 6.89. The maximum atomic E-state index is 5.62. The van der Waals surface area contributed by atoms with E-state index in [4.69, 9.17) is 9.40 Å². The second-order valence-corrected chi connectivity index (χ2v) is 7.38. The zero-order valence-electron chi connectivity index (χ0n) is 13.9. The molecule has 0 radical (unpaired) electrons. The van der Waals surface area contributed by atoms with Gasteiger partial charge < -0.3 is 4.42 Å². The lowest BCUT2D eigenvalue weighted by atomic mass is 10.1. The van der Waals surface area contributed by atoms with Crippen LogP contribution < -0.4 is 0 Å². The molecule has 0 atom stereocenters. The fourth-order valence-electron chi connectivity index (χ4n) is 2.91. The highest BCUT2D eigenvalue weighted by molar-refractivity contribution is 7.13. The second-order valence-electron chi connectivity index (χ2n) is 6.44. The van der Waals surface area contributed by atoms with Crippen molar-refractivity contribution in [1.82, 2.24) is 19.9 Å². The monoisotopic (exact) mass is 340 g/mol. The maximum absolute atomic E-state index is 5.62. The number of fused-ring (bicyclic) bond motifs is 1. The van der Waals surface area contributed by atoms with E-state index in [9.17, 15) is 0 Å². The maximum Gasteiger partial charge on any atom is 0.236 e. The third-order valence-electron chi connectivity index (χ3n) is 4.23. The molecule has 0 saturated heterocycles. The third kappa shape index (κ3) is 3.12. The van der Waals surface area contributed by atoms with Gasteiger partial charge in [-0.25, -0.2) is 15.0 Å². The standard InChI is InChI=1S/C18H20N4OS/c1-12(2)17-19-8-13-5-6-22(10-15(13)21-17)9-14-11-23-18(20-14)16-4-3-7-24-16/h3-4,7-8,11-12H,5-6,9-10H2,1-2H3. The van der Waals surface area contributed by atoms with Crippen molar-refractivity contribution in [2.75, 3.05) is 6.54 Å². The van der Waals surface area contributed by atoms with Crippen LogP contribution in [-0.2, 0) is 19.5 Å². The molecule has 1 aliphatic heterocycles. The molecule has 5 nitrogen and oxygen atoms in total. The SMILES string of the molecule is CC(C)c1ncc2c(n1)CN(Cc1coc(-c3cccs3)n1)CC2. The van der Waals surface area contributed by atoms with Crippen LogP contribution in [0.2, 0.25) is 0 Å². The van der Waals surface area contributed by atoms with E-state index < -0.39 is 0 Å². The molecule has 3 aromatic rings. The molecule has 0 spiro atoms. The predicted octanol–water partition coefficient (Wildman–Crippen LogP) is 3.87. The number of oxazole rings is 1. The number of rotatable bonds is 4. The first-order valence-electron chi connectivity index (χ1n) is 8.24. The highest BCUT2D eigenvalue weighted by Gasteiger charge is 2.20. The molecule has 0 amide bonds. The summed E-state index contributed by atoms with van der Waals surface area (Å²) in [5, 5.41) is 2.03. The van der Waals surface area contributed by atoms with Gasteiger partial charge in [-0.2, -0.15) is 0 Å². The highest BCUT2D eigenvalue weighted by Crippen LogP contribution is 2.25. The lowest BCUT2D eigenvalue weighted by molar-refractivity contribution is 0.237.